The normalized spacial score (nSPS) is 10.5. The molecule has 0 saturated heterocycles. The molecule has 0 aliphatic rings. The van der Waals surface area contributed by atoms with E-state index in [2.05, 4.69) is 15.6 Å². The number of benzene rings is 3. The second kappa shape index (κ2) is 8.87. The SMILES string of the molecule is O=C(COC(=O)Cn1nnc2ccccc21)Nc1ccc(Oc2ccccc2)cc1. The Hall–Kier alpha value is -4.20. The van der Waals surface area contributed by atoms with E-state index < -0.39 is 18.5 Å². The maximum Gasteiger partial charge on any atom is 0.328 e. The van der Waals surface area contributed by atoms with E-state index in [4.69, 9.17) is 9.47 Å². The molecule has 0 radical (unpaired) electrons. The lowest BCUT2D eigenvalue weighted by atomic mass is 10.3. The molecule has 0 spiro atoms. The topological polar surface area (TPSA) is 95.3 Å². The van der Waals surface area contributed by atoms with E-state index in [0.717, 1.165) is 11.3 Å². The van der Waals surface area contributed by atoms with Gasteiger partial charge in [-0.2, -0.15) is 0 Å². The summed E-state index contributed by atoms with van der Waals surface area (Å²) < 4.78 is 12.2. The number of amides is 1. The van der Waals surface area contributed by atoms with Crippen molar-refractivity contribution in [3.63, 3.8) is 0 Å². The van der Waals surface area contributed by atoms with Gasteiger partial charge in [0.25, 0.3) is 5.91 Å². The minimum absolute atomic E-state index is 0.126. The van der Waals surface area contributed by atoms with Crippen molar-refractivity contribution in [2.45, 2.75) is 6.54 Å². The number of ether oxygens (including phenoxy) is 2. The number of rotatable bonds is 7. The van der Waals surface area contributed by atoms with Gasteiger partial charge in [-0.1, -0.05) is 35.5 Å². The van der Waals surface area contributed by atoms with Crippen LogP contribution in [0, 0.1) is 0 Å². The molecule has 0 atom stereocenters. The van der Waals surface area contributed by atoms with Crippen molar-refractivity contribution in [3.8, 4) is 11.5 Å². The van der Waals surface area contributed by atoms with E-state index in [-0.39, 0.29) is 6.54 Å². The fraction of sp³-hybridized carbons (Fsp3) is 0.0909. The largest absolute Gasteiger partial charge is 0.457 e. The van der Waals surface area contributed by atoms with Gasteiger partial charge in [-0.3, -0.25) is 9.59 Å². The van der Waals surface area contributed by atoms with Crippen LogP contribution in [0.25, 0.3) is 11.0 Å². The fourth-order valence-corrected chi connectivity index (χ4v) is 2.78. The molecule has 8 heteroatoms. The molecule has 3 aromatic carbocycles. The zero-order valence-corrected chi connectivity index (χ0v) is 15.9. The molecular weight excluding hydrogens is 384 g/mol. The lowest BCUT2D eigenvalue weighted by Crippen LogP contribution is -2.23. The summed E-state index contributed by atoms with van der Waals surface area (Å²) in [4.78, 5) is 24.1. The van der Waals surface area contributed by atoms with Crippen molar-refractivity contribution in [2.24, 2.45) is 0 Å². The lowest BCUT2D eigenvalue weighted by Gasteiger charge is -2.09. The second-order valence-corrected chi connectivity index (χ2v) is 6.38. The molecule has 0 fully saturated rings. The van der Waals surface area contributed by atoms with E-state index in [0.29, 0.717) is 17.0 Å². The summed E-state index contributed by atoms with van der Waals surface area (Å²) in [6.07, 6.45) is 0. The molecule has 1 N–H and O–H groups in total. The summed E-state index contributed by atoms with van der Waals surface area (Å²) >= 11 is 0. The van der Waals surface area contributed by atoms with Crippen LogP contribution < -0.4 is 10.1 Å². The number of hydrogen-bond acceptors (Lipinski definition) is 6. The average molecular weight is 402 g/mol. The first-order valence-electron chi connectivity index (χ1n) is 9.24. The summed E-state index contributed by atoms with van der Waals surface area (Å²) in [5.41, 5.74) is 1.97. The van der Waals surface area contributed by atoms with Gasteiger partial charge in [0.15, 0.2) is 6.61 Å². The Balaban J connectivity index is 1.25. The second-order valence-electron chi connectivity index (χ2n) is 6.38. The highest BCUT2D eigenvalue weighted by Crippen LogP contribution is 2.22. The highest BCUT2D eigenvalue weighted by molar-refractivity contribution is 5.92. The van der Waals surface area contributed by atoms with Gasteiger partial charge in [0.05, 0.1) is 5.52 Å². The molecule has 0 saturated carbocycles. The molecule has 150 valence electrons. The van der Waals surface area contributed by atoms with Gasteiger partial charge in [-0.05, 0) is 48.5 Å². The first-order valence-corrected chi connectivity index (χ1v) is 9.24. The number of aromatic nitrogens is 3. The van der Waals surface area contributed by atoms with Crippen molar-refractivity contribution in [1.82, 2.24) is 15.0 Å². The van der Waals surface area contributed by atoms with Crippen LogP contribution in [0.5, 0.6) is 11.5 Å². The van der Waals surface area contributed by atoms with Crippen LogP contribution in [0.15, 0.2) is 78.9 Å². The smallest absolute Gasteiger partial charge is 0.328 e. The van der Waals surface area contributed by atoms with Gasteiger partial charge < -0.3 is 14.8 Å². The van der Waals surface area contributed by atoms with Crippen LogP contribution in [0.4, 0.5) is 5.69 Å². The van der Waals surface area contributed by atoms with E-state index in [1.807, 2.05) is 42.5 Å². The third-order valence-electron chi connectivity index (χ3n) is 4.18. The molecule has 1 amide bonds. The van der Waals surface area contributed by atoms with Gasteiger partial charge in [0.1, 0.15) is 23.6 Å². The number of fused-ring (bicyclic) bond motifs is 1. The fourth-order valence-electron chi connectivity index (χ4n) is 2.78. The maximum atomic E-state index is 12.1. The molecule has 0 bridgehead atoms. The highest BCUT2D eigenvalue weighted by atomic mass is 16.5. The van der Waals surface area contributed by atoms with Crippen molar-refractivity contribution < 1.29 is 19.1 Å². The molecule has 8 nitrogen and oxygen atoms in total. The number of para-hydroxylation sites is 2. The van der Waals surface area contributed by atoms with Gasteiger partial charge >= 0.3 is 5.97 Å². The van der Waals surface area contributed by atoms with E-state index >= 15 is 0 Å². The molecule has 0 aliphatic carbocycles. The first-order chi connectivity index (χ1) is 14.7. The van der Waals surface area contributed by atoms with E-state index in [1.54, 1.807) is 36.4 Å². The van der Waals surface area contributed by atoms with Crippen LogP contribution in [0.2, 0.25) is 0 Å². The molecule has 1 heterocycles. The monoisotopic (exact) mass is 402 g/mol. The van der Waals surface area contributed by atoms with Crippen molar-refractivity contribution in [1.29, 1.82) is 0 Å². The van der Waals surface area contributed by atoms with Crippen molar-refractivity contribution in [3.05, 3.63) is 78.9 Å². The third-order valence-corrected chi connectivity index (χ3v) is 4.18. The molecular formula is C22H18N4O4. The number of anilines is 1. The summed E-state index contributed by atoms with van der Waals surface area (Å²) in [6.45, 7) is -0.521. The molecule has 0 aliphatic heterocycles. The summed E-state index contributed by atoms with van der Waals surface area (Å²) in [5, 5.41) is 10.6. The summed E-state index contributed by atoms with van der Waals surface area (Å²) in [6, 6.07) is 23.6. The zero-order valence-electron chi connectivity index (χ0n) is 15.9. The summed E-state index contributed by atoms with van der Waals surface area (Å²) in [5.74, 6) is 0.350. The molecule has 1 aromatic heterocycles. The number of nitrogens with zero attached hydrogens (tertiary/aromatic N) is 3. The minimum Gasteiger partial charge on any atom is -0.457 e. The predicted octanol–water partition coefficient (Wildman–Crippen LogP) is 3.41. The van der Waals surface area contributed by atoms with Crippen LogP contribution in [-0.2, 0) is 20.9 Å². The number of carbonyl (C=O) groups excluding carboxylic acids is 2. The Morgan fingerprint density at radius 2 is 1.57 bits per heavy atom. The van der Waals surface area contributed by atoms with E-state index in [9.17, 15) is 9.59 Å². The maximum absolute atomic E-state index is 12.1. The lowest BCUT2D eigenvalue weighted by molar-refractivity contribution is -0.148. The van der Waals surface area contributed by atoms with Gasteiger partial charge in [0, 0.05) is 5.69 Å². The Morgan fingerprint density at radius 1 is 0.867 bits per heavy atom. The summed E-state index contributed by atoms with van der Waals surface area (Å²) in [7, 11) is 0. The zero-order chi connectivity index (χ0) is 20.8. The van der Waals surface area contributed by atoms with Gasteiger partial charge in [-0.25, -0.2) is 4.68 Å². The number of esters is 1. The Bertz CT molecular complexity index is 1160. The molecule has 0 unspecified atom stereocenters. The Kier molecular flexibility index (Phi) is 5.66. The van der Waals surface area contributed by atoms with Gasteiger partial charge in [0.2, 0.25) is 0 Å². The Labute approximate surface area is 172 Å². The van der Waals surface area contributed by atoms with Crippen LogP contribution >= 0.6 is 0 Å². The third kappa shape index (κ3) is 4.79. The predicted molar refractivity (Wildman–Crippen MR) is 110 cm³/mol. The number of hydrogen-bond donors (Lipinski definition) is 1. The quantitative estimate of drug-likeness (QED) is 0.476. The number of carbonyl (C=O) groups is 2. The number of nitrogens with one attached hydrogen (secondary N) is 1. The van der Waals surface area contributed by atoms with Crippen LogP contribution in [0.1, 0.15) is 0 Å². The van der Waals surface area contributed by atoms with Crippen molar-refractivity contribution in [2.75, 3.05) is 11.9 Å². The minimum atomic E-state index is -0.576. The first kappa shape index (κ1) is 19.1. The van der Waals surface area contributed by atoms with Crippen LogP contribution in [-0.4, -0.2) is 33.5 Å². The highest BCUT2D eigenvalue weighted by Gasteiger charge is 2.12. The molecule has 30 heavy (non-hydrogen) atoms. The van der Waals surface area contributed by atoms with Crippen LogP contribution in [0.3, 0.4) is 0 Å². The molecule has 4 aromatic rings. The van der Waals surface area contributed by atoms with E-state index in [1.165, 1.54) is 4.68 Å². The Morgan fingerprint density at radius 3 is 2.37 bits per heavy atom. The van der Waals surface area contributed by atoms with Crippen molar-refractivity contribution >= 4 is 28.6 Å². The molecule has 4 rings (SSSR count). The standard InChI is InChI=1S/C22H18N4O4/c27-21(15-29-22(28)14-26-20-9-5-4-8-19(20)24-25-26)23-16-10-12-18(13-11-16)30-17-6-2-1-3-7-17/h1-13H,14-15H2,(H,23,27). The van der Waals surface area contributed by atoms with Gasteiger partial charge in [-0.15, -0.1) is 5.10 Å². The average Bonchev–Trinajstić information content (AvgIpc) is 3.17.